The molecule has 12 heteroatoms. The molecule has 8 nitrogen and oxygen atoms in total. The molecule has 1 aromatic carbocycles. The van der Waals surface area contributed by atoms with Crippen molar-refractivity contribution < 1.29 is 28.2 Å². The van der Waals surface area contributed by atoms with Crippen LogP contribution in [-0.4, -0.2) is 67.5 Å². The lowest BCUT2D eigenvalue weighted by atomic mass is 10.2. The number of halogens is 4. The molecule has 2 heterocycles. The number of aliphatic hydroxyl groups is 2. The molecule has 2 aromatic heterocycles. The van der Waals surface area contributed by atoms with Gasteiger partial charge in [-0.05, 0) is 18.6 Å². The minimum Gasteiger partial charge on any atom is -0.394 e. The molecule has 2 N–H and O–H groups in total. The van der Waals surface area contributed by atoms with Crippen LogP contribution in [0.4, 0.5) is 13.2 Å². The average Bonchev–Trinajstić information content (AvgIpc) is 3.22. The van der Waals surface area contributed by atoms with Gasteiger partial charge in [0.2, 0.25) is 11.7 Å². The van der Waals surface area contributed by atoms with E-state index >= 15 is 0 Å². The van der Waals surface area contributed by atoms with Gasteiger partial charge in [-0.1, -0.05) is 23.7 Å². The molecule has 1 unspecified atom stereocenters. The molecule has 3 rings (SSSR count). The Morgan fingerprint density at radius 3 is 2.53 bits per heavy atom. The number of carbonyl (C=O) groups is 1. The van der Waals surface area contributed by atoms with E-state index in [1.165, 1.54) is 33.3 Å². The lowest BCUT2D eigenvalue weighted by molar-refractivity contribution is -0.136. The summed E-state index contributed by atoms with van der Waals surface area (Å²) in [5.74, 6) is -0.346. The van der Waals surface area contributed by atoms with Gasteiger partial charge in [0.15, 0.2) is 0 Å². The van der Waals surface area contributed by atoms with E-state index in [-0.39, 0.29) is 37.3 Å². The smallest absolute Gasteiger partial charge is 0.389 e. The highest BCUT2D eigenvalue weighted by Crippen LogP contribution is 2.23. The van der Waals surface area contributed by atoms with Crippen molar-refractivity contribution in [3.05, 3.63) is 57.6 Å². The molecule has 0 saturated carbocycles. The number of benzene rings is 1. The summed E-state index contributed by atoms with van der Waals surface area (Å²) in [4.78, 5) is 31.3. The molecule has 0 radical (unpaired) electrons. The number of alkyl halides is 3. The van der Waals surface area contributed by atoms with Crippen LogP contribution in [0.1, 0.15) is 18.4 Å². The lowest BCUT2D eigenvalue weighted by Crippen LogP contribution is -2.38. The standard InChI is InChI=1S/C22H24ClF3N4O4/c1-28(11-17(32)13-31)19(33)9-15-10-29(8-2-7-22(24,25)26)21-27-18(12-30(21)20(15)34)14-3-5-16(23)6-4-14/h3-6,10,12,17,31-32H,2,7-9,11,13H2,1H3. The Morgan fingerprint density at radius 1 is 1.24 bits per heavy atom. The summed E-state index contributed by atoms with van der Waals surface area (Å²) in [6, 6.07) is 6.71. The monoisotopic (exact) mass is 500 g/mol. The molecular weight excluding hydrogens is 477 g/mol. The number of carbonyl (C=O) groups excluding carboxylic acids is 1. The Hall–Kier alpha value is -2.89. The molecule has 0 fully saturated rings. The molecule has 3 aromatic rings. The normalized spacial score (nSPS) is 12.8. The van der Waals surface area contributed by atoms with Gasteiger partial charge in [0.25, 0.3) is 5.56 Å². The minimum atomic E-state index is -4.33. The van der Waals surface area contributed by atoms with Gasteiger partial charge in [-0.3, -0.25) is 14.0 Å². The van der Waals surface area contributed by atoms with E-state index in [1.54, 1.807) is 24.3 Å². The van der Waals surface area contributed by atoms with Crippen molar-refractivity contribution in [1.82, 2.24) is 18.9 Å². The third-order valence-electron chi connectivity index (χ3n) is 5.21. The Kier molecular flexibility index (Phi) is 8.01. The van der Waals surface area contributed by atoms with E-state index in [0.717, 1.165) is 0 Å². The fraction of sp³-hybridized carbons (Fsp3) is 0.409. The van der Waals surface area contributed by atoms with Gasteiger partial charge in [-0.15, -0.1) is 0 Å². The zero-order valence-corrected chi connectivity index (χ0v) is 19.1. The number of aryl methyl sites for hydroxylation is 1. The fourth-order valence-electron chi connectivity index (χ4n) is 3.45. The minimum absolute atomic E-state index is 0.0647. The third kappa shape index (κ3) is 6.37. The number of likely N-dealkylation sites (N-methyl/N-ethyl adjacent to an activating group) is 1. The molecule has 1 amide bonds. The van der Waals surface area contributed by atoms with Gasteiger partial charge >= 0.3 is 6.18 Å². The highest BCUT2D eigenvalue weighted by molar-refractivity contribution is 6.30. The van der Waals surface area contributed by atoms with Crippen molar-refractivity contribution in [3.63, 3.8) is 0 Å². The van der Waals surface area contributed by atoms with E-state index in [4.69, 9.17) is 16.7 Å². The summed E-state index contributed by atoms with van der Waals surface area (Å²) < 4.78 is 40.7. The second-order valence-electron chi connectivity index (χ2n) is 7.96. The number of fused-ring (bicyclic) bond motifs is 1. The highest BCUT2D eigenvalue weighted by atomic mass is 35.5. The van der Waals surface area contributed by atoms with Crippen LogP contribution in [0.3, 0.4) is 0 Å². The van der Waals surface area contributed by atoms with E-state index < -0.39 is 36.8 Å². The molecular formula is C22H24ClF3N4O4. The SMILES string of the molecule is CN(CC(O)CO)C(=O)Cc1cn(CCCC(F)(F)F)c2nc(-c3ccc(Cl)cc3)cn2c1=O. The summed E-state index contributed by atoms with van der Waals surface area (Å²) in [7, 11) is 1.41. The van der Waals surface area contributed by atoms with Crippen molar-refractivity contribution in [3.8, 4) is 11.3 Å². The number of aromatic nitrogens is 3. The summed E-state index contributed by atoms with van der Waals surface area (Å²) in [6.45, 7) is -0.734. The maximum absolute atomic E-state index is 13.1. The van der Waals surface area contributed by atoms with Gasteiger partial charge in [0.1, 0.15) is 0 Å². The second kappa shape index (κ2) is 10.6. The van der Waals surface area contributed by atoms with E-state index in [2.05, 4.69) is 4.98 Å². The first-order valence-electron chi connectivity index (χ1n) is 10.5. The second-order valence-corrected chi connectivity index (χ2v) is 8.40. The molecule has 1 atom stereocenters. The van der Waals surface area contributed by atoms with Crippen LogP contribution >= 0.6 is 11.6 Å². The van der Waals surface area contributed by atoms with Crippen LogP contribution < -0.4 is 5.56 Å². The summed E-state index contributed by atoms with van der Waals surface area (Å²) in [5, 5.41) is 19.0. The Bertz CT molecular complexity index is 1210. The number of hydrogen-bond donors (Lipinski definition) is 2. The van der Waals surface area contributed by atoms with Crippen LogP contribution in [0.2, 0.25) is 5.02 Å². The van der Waals surface area contributed by atoms with Crippen molar-refractivity contribution in [2.75, 3.05) is 20.2 Å². The van der Waals surface area contributed by atoms with Crippen molar-refractivity contribution in [1.29, 1.82) is 0 Å². The van der Waals surface area contributed by atoms with Crippen LogP contribution in [0.25, 0.3) is 17.0 Å². The van der Waals surface area contributed by atoms with Crippen LogP contribution in [0.15, 0.2) is 41.5 Å². The topological polar surface area (TPSA) is 100 Å². The molecule has 0 bridgehead atoms. The van der Waals surface area contributed by atoms with Gasteiger partial charge in [-0.2, -0.15) is 13.2 Å². The molecule has 0 aliphatic heterocycles. The molecule has 0 saturated heterocycles. The van der Waals surface area contributed by atoms with Crippen LogP contribution in [-0.2, 0) is 17.8 Å². The molecule has 184 valence electrons. The summed E-state index contributed by atoms with van der Waals surface area (Å²) >= 11 is 5.92. The maximum atomic E-state index is 13.1. The Balaban J connectivity index is 1.99. The number of hydrogen-bond acceptors (Lipinski definition) is 5. The average molecular weight is 501 g/mol. The molecule has 0 aliphatic carbocycles. The van der Waals surface area contributed by atoms with E-state index in [1.807, 2.05) is 0 Å². The highest BCUT2D eigenvalue weighted by Gasteiger charge is 2.26. The first-order valence-corrected chi connectivity index (χ1v) is 10.8. The van der Waals surface area contributed by atoms with Crippen molar-refractivity contribution >= 4 is 23.3 Å². The van der Waals surface area contributed by atoms with Gasteiger partial charge in [0.05, 0.1) is 24.8 Å². The number of amides is 1. The summed E-state index contributed by atoms with van der Waals surface area (Å²) in [6.07, 6.45) is -4.22. The van der Waals surface area contributed by atoms with Crippen LogP contribution in [0, 0.1) is 0 Å². The van der Waals surface area contributed by atoms with Gasteiger partial charge in [-0.25, -0.2) is 4.98 Å². The van der Waals surface area contributed by atoms with E-state index in [0.29, 0.717) is 16.3 Å². The fourth-order valence-corrected chi connectivity index (χ4v) is 3.57. The predicted octanol–water partition coefficient (Wildman–Crippen LogP) is 2.51. The van der Waals surface area contributed by atoms with Crippen molar-refractivity contribution in [2.45, 2.75) is 38.1 Å². The van der Waals surface area contributed by atoms with Crippen LogP contribution in [0.5, 0.6) is 0 Å². The maximum Gasteiger partial charge on any atom is 0.389 e. The first-order chi connectivity index (χ1) is 16.0. The zero-order chi connectivity index (χ0) is 25.0. The molecule has 0 aliphatic rings. The molecule has 34 heavy (non-hydrogen) atoms. The lowest BCUT2D eigenvalue weighted by Gasteiger charge is -2.20. The van der Waals surface area contributed by atoms with Gasteiger partial charge < -0.3 is 19.7 Å². The number of imidazole rings is 1. The summed E-state index contributed by atoms with van der Waals surface area (Å²) in [5.41, 5.74) is 0.615. The predicted molar refractivity (Wildman–Crippen MR) is 120 cm³/mol. The largest absolute Gasteiger partial charge is 0.394 e. The number of aliphatic hydroxyl groups excluding tert-OH is 2. The number of rotatable bonds is 9. The third-order valence-corrected chi connectivity index (χ3v) is 5.46. The molecule has 0 spiro atoms. The Labute approximate surface area is 197 Å². The van der Waals surface area contributed by atoms with Crippen molar-refractivity contribution in [2.24, 2.45) is 0 Å². The van der Waals surface area contributed by atoms with Gasteiger partial charge in [0, 0.05) is 55.1 Å². The zero-order valence-electron chi connectivity index (χ0n) is 18.3. The number of nitrogens with zero attached hydrogens (tertiary/aromatic N) is 4. The quantitative estimate of drug-likeness (QED) is 0.470. The first kappa shape index (κ1) is 25.7. The van der Waals surface area contributed by atoms with E-state index in [9.17, 15) is 27.9 Å². The Morgan fingerprint density at radius 2 is 1.91 bits per heavy atom.